The van der Waals surface area contributed by atoms with Crippen LogP contribution in [0.5, 0.6) is 0 Å². The summed E-state index contributed by atoms with van der Waals surface area (Å²) in [6, 6.07) is 11.8. The van der Waals surface area contributed by atoms with Gasteiger partial charge in [0.2, 0.25) is 0 Å². The monoisotopic (exact) mass is 452 g/mol. The number of carbonyl (C=O) groups excluding carboxylic acids is 1. The van der Waals surface area contributed by atoms with Crippen molar-refractivity contribution in [1.82, 2.24) is 20.8 Å². The molecule has 1 aromatic carbocycles. The Bertz CT molecular complexity index is 981. The molecule has 0 fully saturated rings. The lowest BCUT2D eigenvalue weighted by atomic mass is 10.1. The summed E-state index contributed by atoms with van der Waals surface area (Å²) in [5.41, 5.74) is 5.15. The minimum absolute atomic E-state index is 0. The fourth-order valence-electron chi connectivity index (χ4n) is 3.04. The second-order valence-electron chi connectivity index (χ2n) is 6.46. The molecular weight excluding hydrogens is 431 g/mol. The first-order valence-electron chi connectivity index (χ1n) is 8.78. The Hall–Kier alpha value is -2.06. The molecule has 2 N–H and O–H groups in total. The van der Waals surface area contributed by atoms with Crippen LogP contribution in [0.4, 0.5) is 0 Å². The van der Waals surface area contributed by atoms with Gasteiger partial charge in [0, 0.05) is 37.7 Å². The van der Waals surface area contributed by atoms with Crippen LogP contribution in [0.3, 0.4) is 0 Å². The van der Waals surface area contributed by atoms with E-state index in [2.05, 4.69) is 39.0 Å². The molecule has 4 rings (SSSR count). The van der Waals surface area contributed by atoms with Gasteiger partial charge in [-0.2, -0.15) is 0 Å². The van der Waals surface area contributed by atoms with Crippen LogP contribution in [-0.2, 0) is 25.4 Å². The van der Waals surface area contributed by atoms with Crippen molar-refractivity contribution >= 4 is 42.5 Å². The molecule has 0 radical (unpaired) electrons. The van der Waals surface area contributed by atoms with E-state index in [-0.39, 0.29) is 30.7 Å². The Morgan fingerprint density at radius 2 is 2.03 bits per heavy atom. The normalized spacial score (nSPS) is 11.9. The zero-order valence-electron chi connectivity index (χ0n) is 15.8. The largest absolute Gasteiger partial charge is 0.361 e. The molecule has 0 saturated carbocycles. The number of aryl methyl sites for hydroxylation is 1. The van der Waals surface area contributed by atoms with Gasteiger partial charge in [-0.1, -0.05) is 35.1 Å². The van der Waals surface area contributed by atoms with E-state index in [1.165, 1.54) is 22.9 Å². The van der Waals surface area contributed by atoms with E-state index in [0.29, 0.717) is 22.9 Å². The zero-order valence-corrected chi connectivity index (χ0v) is 18.3. The lowest BCUT2D eigenvalue weighted by Gasteiger charge is -2.09. The number of nitrogens with one attached hydrogen (secondary N) is 2. The van der Waals surface area contributed by atoms with Crippen molar-refractivity contribution in [1.29, 1.82) is 0 Å². The third-order valence-electron chi connectivity index (χ3n) is 4.40. The molecule has 1 aliphatic rings. The summed E-state index contributed by atoms with van der Waals surface area (Å²) in [4.78, 5) is 17.0. The first kappa shape index (κ1) is 23.2. The van der Waals surface area contributed by atoms with Crippen molar-refractivity contribution in [2.45, 2.75) is 37.3 Å². The minimum Gasteiger partial charge on any atom is -0.361 e. The molecule has 1 aliphatic heterocycles. The summed E-state index contributed by atoms with van der Waals surface area (Å²) in [5.74, 6) is 1.25. The van der Waals surface area contributed by atoms with Gasteiger partial charge < -0.3 is 15.2 Å². The number of halogens is 2. The van der Waals surface area contributed by atoms with Crippen molar-refractivity contribution in [3.63, 3.8) is 0 Å². The second-order valence-corrected chi connectivity index (χ2v) is 7.43. The number of benzene rings is 1. The summed E-state index contributed by atoms with van der Waals surface area (Å²) >= 11 is 1.48. The number of thioether (sulfide) groups is 1. The van der Waals surface area contributed by atoms with E-state index in [1.54, 1.807) is 18.3 Å². The van der Waals surface area contributed by atoms with E-state index in [4.69, 9.17) is 4.52 Å². The van der Waals surface area contributed by atoms with Crippen LogP contribution >= 0.6 is 36.6 Å². The lowest BCUT2D eigenvalue weighted by Crippen LogP contribution is -2.23. The fraction of sp³-hybridized carbons (Fsp3) is 0.250. The third kappa shape index (κ3) is 5.73. The summed E-state index contributed by atoms with van der Waals surface area (Å²) in [6.45, 7) is 4.16. The number of hydrogen-bond donors (Lipinski definition) is 2. The van der Waals surface area contributed by atoms with E-state index in [9.17, 15) is 4.79 Å². The summed E-state index contributed by atoms with van der Waals surface area (Å²) in [7, 11) is 0. The van der Waals surface area contributed by atoms with Gasteiger partial charge in [0.25, 0.3) is 5.91 Å². The number of fused-ring (bicyclic) bond motifs is 1. The highest BCUT2D eigenvalue weighted by Crippen LogP contribution is 2.24. The molecule has 0 bridgehead atoms. The standard InChI is InChI=1S/C20H20N4O2S.2ClH/c1-13-7-17(24-26-13)12-27-20-18(3-2-6-22-20)19(25)23-9-14-4-5-15-10-21-11-16(15)8-14;;/h2-8,21H,9-12H2,1H3,(H,23,25);2*1H. The van der Waals surface area contributed by atoms with E-state index < -0.39 is 0 Å². The Balaban J connectivity index is 0.00000150. The lowest BCUT2D eigenvalue weighted by molar-refractivity contribution is 0.0947. The Kier molecular flexibility index (Phi) is 8.52. The molecule has 0 spiro atoms. The molecule has 0 atom stereocenters. The highest BCUT2D eigenvalue weighted by atomic mass is 35.5. The number of aromatic nitrogens is 2. The van der Waals surface area contributed by atoms with Crippen molar-refractivity contribution in [2.24, 2.45) is 0 Å². The van der Waals surface area contributed by atoms with Gasteiger partial charge >= 0.3 is 0 Å². The molecule has 154 valence electrons. The quantitative estimate of drug-likeness (QED) is 0.549. The number of pyridine rings is 1. The topological polar surface area (TPSA) is 80.0 Å². The van der Waals surface area contributed by atoms with Crippen molar-refractivity contribution in [3.05, 3.63) is 76.3 Å². The predicted molar refractivity (Wildman–Crippen MR) is 118 cm³/mol. The van der Waals surface area contributed by atoms with Gasteiger partial charge in [0.05, 0.1) is 11.3 Å². The van der Waals surface area contributed by atoms with E-state index in [0.717, 1.165) is 30.1 Å². The van der Waals surface area contributed by atoms with Crippen LogP contribution < -0.4 is 10.6 Å². The summed E-state index contributed by atoms with van der Waals surface area (Å²) < 4.78 is 5.08. The number of amides is 1. The Labute approximate surface area is 186 Å². The smallest absolute Gasteiger partial charge is 0.254 e. The molecule has 1 amide bonds. The van der Waals surface area contributed by atoms with Gasteiger partial charge in [-0.05, 0) is 35.7 Å². The molecule has 2 aromatic heterocycles. The van der Waals surface area contributed by atoms with Gasteiger partial charge in [-0.15, -0.1) is 24.8 Å². The van der Waals surface area contributed by atoms with Crippen LogP contribution in [0.25, 0.3) is 0 Å². The van der Waals surface area contributed by atoms with Crippen LogP contribution in [0, 0.1) is 6.92 Å². The van der Waals surface area contributed by atoms with Crippen molar-refractivity contribution in [3.8, 4) is 0 Å². The molecule has 0 aliphatic carbocycles. The summed E-state index contributed by atoms with van der Waals surface area (Å²) in [5, 5.41) is 11.0. The van der Waals surface area contributed by atoms with Gasteiger partial charge in [0.1, 0.15) is 10.8 Å². The SMILES string of the molecule is Cc1cc(CSc2ncccc2C(=O)NCc2ccc3c(c2)CNC3)no1.Cl.Cl. The van der Waals surface area contributed by atoms with E-state index in [1.807, 2.05) is 13.0 Å². The van der Waals surface area contributed by atoms with Crippen molar-refractivity contribution in [2.75, 3.05) is 0 Å². The average Bonchev–Trinajstić information content (AvgIpc) is 3.32. The maximum Gasteiger partial charge on any atom is 0.254 e. The van der Waals surface area contributed by atoms with Crippen molar-refractivity contribution < 1.29 is 9.32 Å². The predicted octanol–water partition coefficient (Wildman–Crippen LogP) is 4.05. The number of rotatable bonds is 6. The number of nitrogens with zero attached hydrogens (tertiary/aromatic N) is 2. The molecule has 6 nitrogen and oxygen atoms in total. The van der Waals surface area contributed by atoms with Crippen LogP contribution in [0.2, 0.25) is 0 Å². The molecule has 9 heteroatoms. The van der Waals surface area contributed by atoms with Gasteiger partial charge in [-0.25, -0.2) is 4.98 Å². The molecular formula is C20H22Cl2N4O2S. The molecule has 3 heterocycles. The second kappa shape index (κ2) is 10.6. The minimum atomic E-state index is -0.124. The highest BCUT2D eigenvalue weighted by molar-refractivity contribution is 7.98. The zero-order chi connectivity index (χ0) is 18.6. The highest BCUT2D eigenvalue weighted by Gasteiger charge is 2.15. The molecule has 0 unspecified atom stereocenters. The fourth-order valence-corrected chi connectivity index (χ4v) is 3.91. The van der Waals surface area contributed by atoms with Crippen LogP contribution in [0.1, 0.15) is 38.5 Å². The summed E-state index contributed by atoms with van der Waals surface area (Å²) in [6.07, 6.45) is 1.70. The van der Waals surface area contributed by atoms with Crippen LogP contribution in [-0.4, -0.2) is 16.0 Å². The van der Waals surface area contributed by atoms with Crippen LogP contribution in [0.15, 0.2) is 52.1 Å². The Morgan fingerprint density at radius 1 is 1.21 bits per heavy atom. The van der Waals surface area contributed by atoms with Gasteiger partial charge in [-0.3, -0.25) is 4.79 Å². The van der Waals surface area contributed by atoms with Gasteiger partial charge in [0.15, 0.2) is 0 Å². The maximum atomic E-state index is 12.7. The maximum absolute atomic E-state index is 12.7. The molecule has 3 aromatic rings. The van der Waals surface area contributed by atoms with E-state index >= 15 is 0 Å². The number of hydrogen-bond acceptors (Lipinski definition) is 6. The number of carbonyl (C=O) groups is 1. The molecule has 29 heavy (non-hydrogen) atoms. The Morgan fingerprint density at radius 3 is 2.83 bits per heavy atom. The average molecular weight is 453 g/mol. The molecule has 0 saturated heterocycles. The first-order chi connectivity index (χ1) is 13.2. The first-order valence-corrected chi connectivity index (χ1v) is 9.77. The third-order valence-corrected chi connectivity index (χ3v) is 5.44.